The third-order valence-electron chi connectivity index (χ3n) is 11.0. The number of nitrogens with zero attached hydrogens (tertiary/aromatic N) is 3. The van der Waals surface area contributed by atoms with E-state index in [0.717, 1.165) is 36.4 Å². The topological polar surface area (TPSA) is 53.1 Å². The number of hydrogen-bond acceptors (Lipinski definition) is 5. The van der Waals surface area contributed by atoms with Crippen molar-refractivity contribution in [1.29, 1.82) is 0 Å². The molecular formula is C35H53N3O3. The fourth-order valence-corrected chi connectivity index (χ4v) is 9.23. The molecule has 6 nitrogen and oxygen atoms in total. The number of fused-ring (bicyclic) bond motifs is 7. The van der Waals surface area contributed by atoms with Crippen molar-refractivity contribution in [2.45, 2.75) is 134 Å². The largest absolute Gasteiger partial charge is 0.458 e. The van der Waals surface area contributed by atoms with E-state index < -0.39 is 11.6 Å². The maximum absolute atomic E-state index is 14.0. The highest BCUT2D eigenvalue weighted by Gasteiger charge is 2.45. The van der Waals surface area contributed by atoms with Crippen molar-refractivity contribution in [2.75, 3.05) is 24.5 Å². The number of carbonyl (C=O) groups excluding carboxylic acids is 2. The first-order chi connectivity index (χ1) is 19.7. The van der Waals surface area contributed by atoms with Gasteiger partial charge in [0.05, 0.1) is 6.54 Å². The molecule has 226 valence electrons. The number of esters is 1. The van der Waals surface area contributed by atoms with Crippen LogP contribution in [0.5, 0.6) is 0 Å². The third kappa shape index (κ3) is 6.63. The molecule has 3 aliphatic heterocycles. The van der Waals surface area contributed by atoms with E-state index in [1.807, 2.05) is 25.7 Å². The van der Waals surface area contributed by atoms with Crippen molar-refractivity contribution in [3.8, 4) is 0 Å². The normalized spacial score (nSPS) is 34.1. The number of hydrogen-bond donors (Lipinski definition) is 0. The number of likely N-dealkylation sites (tertiary alicyclic amines) is 1. The molecule has 41 heavy (non-hydrogen) atoms. The first-order valence-electron chi connectivity index (χ1n) is 16.8. The lowest BCUT2D eigenvalue weighted by Gasteiger charge is -2.54. The molecule has 0 N–H and O–H groups in total. The quantitative estimate of drug-likeness (QED) is 0.374. The van der Waals surface area contributed by atoms with Gasteiger partial charge in [-0.1, -0.05) is 50.3 Å². The van der Waals surface area contributed by atoms with Crippen molar-refractivity contribution in [2.24, 2.45) is 17.8 Å². The molecule has 1 amide bonds. The maximum Gasteiger partial charge on any atom is 0.329 e. The van der Waals surface area contributed by atoms with Gasteiger partial charge in [-0.05, 0) is 102 Å². The van der Waals surface area contributed by atoms with Gasteiger partial charge in [-0.3, -0.25) is 9.69 Å². The van der Waals surface area contributed by atoms with Crippen LogP contribution in [0.2, 0.25) is 0 Å². The number of amides is 1. The van der Waals surface area contributed by atoms with Crippen LogP contribution in [-0.4, -0.2) is 71.1 Å². The number of ether oxygens (including phenoxy) is 1. The maximum atomic E-state index is 14.0. The Morgan fingerprint density at radius 2 is 1.59 bits per heavy atom. The molecule has 0 aromatic heterocycles. The van der Waals surface area contributed by atoms with E-state index in [1.54, 1.807) is 0 Å². The van der Waals surface area contributed by atoms with E-state index >= 15 is 0 Å². The minimum Gasteiger partial charge on any atom is -0.458 e. The molecule has 3 saturated heterocycles. The number of piperidine rings is 1. The van der Waals surface area contributed by atoms with Crippen LogP contribution in [0.15, 0.2) is 30.3 Å². The number of anilines is 1. The van der Waals surface area contributed by atoms with Gasteiger partial charge in [0.2, 0.25) is 5.91 Å². The summed E-state index contributed by atoms with van der Waals surface area (Å²) in [5, 5.41) is 0. The molecule has 4 bridgehead atoms. The van der Waals surface area contributed by atoms with Crippen LogP contribution < -0.4 is 4.90 Å². The predicted molar refractivity (Wildman–Crippen MR) is 164 cm³/mol. The highest BCUT2D eigenvalue weighted by Crippen LogP contribution is 2.45. The van der Waals surface area contributed by atoms with E-state index in [0.29, 0.717) is 37.5 Å². The fraction of sp³-hybridized carbons (Fsp3) is 0.771. The van der Waals surface area contributed by atoms with Gasteiger partial charge in [-0.2, -0.15) is 0 Å². The molecule has 3 saturated carbocycles. The van der Waals surface area contributed by atoms with E-state index in [4.69, 9.17) is 4.74 Å². The highest BCUT2D eigenvalue weighted by atomic mass is 16.6. The van der Waals surface area contributed by atoms with Gasteiger partial charge in [0, 0.05) is 36.9 Å². The minimum atomic E-state index is -0.550. The van der Waals surface area contributed by atoms with Crippen LogP contribution in [0.4, 0.5) is 5.69 Å². The summed E-state index contributed by atoms with van der Waals surface area (Å²) in [6.07, 6.45) is 16.5. The molecular weight excluding hydrogens is 510 g/mol. The van der Waals surface area contributed by atoms with Gasteiger partial charge < -0.3 is 14.5 Å². The molecule has 1 aromatic carbocycles. The van der Waals surface area contributed by atoms with Crippen LogP contribution in [-0.2, 0) is 14.3 Å². The van der Waals surface area contributed by atoms with Crippen molar-refractivity contribution in [3.63, 3.8) is 0 Å². The Kier molecular flexibility index (Phi) is 8.68. The SMILES string of the molecule is CC(C)(C)OC(=O)C1CCCN1C(=O)CN(c1ccccc1)C1CC2CCCCC1CN2C1CC2CCCC(C2)C1. The monoisotopic (exact) mass is 563 g/mol. The van der Waals surface area contributed by atoms with Gasteiger partial charge in [0.25, 0.3) is 0 Å². The smallest absolute Gasteiger partial charge is 0.329 e. The fourth-order valence-electron chi connectivity index (χ4n) is 9.23. The summed E-state index contributed by atoms with van der Waals surface area (Å²) in [5.74, 6) is 2.28. The summed E-state index contributed by atoms with van der Waals surface area (Å²) in [6, 6.07) is 11.9. The summed E-state index contributed by atoms with van der Waals surface area (Å²) in [4.78, 5) is 34.3. The summed E-state index contributed by atoms with van der Waals surface area (Å²) in [7, 11) is 0. The van der Waals surface area contributed by atoms with Crippen molar-refractivity contribution in [3.05, 3.63) is 30.3 Å². The lowest BCUT2D eigenvalue weighted by molar-refractivity contribution is -0.163. The zero-order chi connectivity index (χ0) is 28.6. The first kappa shape index (κ1) is 29.0. The van der Waals surface area contributed by atoms with Crippen LogP contribution in [0.1, 0.15) is 104 Å². The van der Waals surface area contributed by atoms with Gasteiger partial charge in [-0.25, -0.2) is 4.79 Å². The molecule has 0 spiro atoms. The summed E-state index contributed by atoms with van der Waals surface area (Å²) >= 11 is 0. The average molecular weight is 564 g/mol. The summed E-state index contributed by atoms with van der Waals surface area (Å²) < 4.78 is 5.72. The second kappa shape index (κ2) is 12.3. The Morgan fingerprint density at radius 3 is 2.32 bits per heavy atom. The Bertz CT molecular complexity index is 1040. The van der Waals surface area contributed by atoms with Gasteiger partial charge >= 0.3 is 5.97 Å². The molecule has 6 aliphatic rings. The zero-order valence-corrected chi connectivity index (χ0v) is 25.8. The Balaban J connectivity index is 1.21. The Hall–Kier alpha value is -2.08. The number of rotatable bonds is 6. The average Bonchev–Trinajstić information content (AvgIpc) is 3.42. The van der Waals surface area contributed by atoms with Gasteiger partial charge in [-0.15, -0.1) is 0 Å². The van der Waals surface area contributed by atoms with E-state index in [9.17, 15) is 9.59 Å². The lowest BCUT2D eigenvalue weighted by atomic mass is 9.68. The summed E-state index contributed by atoms with van der Waals surface area (Å²) in [6.45, 7) is 7.85. The Labute approximate surface area is 248 Å². The lowest BCUT2D eigenvalue weighted by Crippen LogP contribution is -2.61. The molecule has 3 heterocycles. The standard InChI is InChI=1S/C35H53N3O3/c1-35(2,3)41-34(40)31-17-10-18-36(31)33(39)24-38(28-14-5-4-6-15-28)32-22-29-16-8-7-13-27(32)23-37(29)30-20-25-11-9-12-26(19-25)21-30/h4-6,14-15,25-27,29-32H,7-13,16-24H2,1-3H3. The minimum absolute atomic E-state index is 0.0668. The van der Waals surface area contributed by atoms with Crippen LogP contribution in [0.3, 0.4) is 0 Å². The third-order valence-corrected chi connectivity index (χ3v) is 11.0. The molecule has 6 heteroatoms. The second-order valence-electron chi connectivity index (χ2n) is 15.0. The van der Waals surface area contributed by atoms with Gasteiger partial charge in [0.15, 0.2) is 0 Å². The zero-order valence-electron chi connectivity index (χ0n) is 25.8. The molecule has 1 aromatic rings. The molecule has 7 rings (SSSR count). The van der Waals surface area contributed by atoms with Crippen molar-refractivity contribution >= 4 is 17.6 Å². The molecule has 6 fully saturated rings. The second-order valence-corrected chi connectivity index (χ2v) is 15.0. The summed E-state index contributed by atoms with van der Waals surface area (Å²) in [5.41, 5.74) is 0.592. The highest BCUT2D eigenvalue weighted by molar-refractivity contribution is 5.88. The van der Waals surface area contributed by atoms with E-state index in [2.05, 4.69) is 40.1 Å². The van der Waals surface area contributed by atoms with Crippen molar-refractivity contribution < 1.29 is 14.3 Å². The van der Waals surface area contributed by atoms with Crippen LogP contribution in [0, 0.1) is 17.8 Å². The van der Waals surface area contributed by atoms with Gasteiger partial charge in [0.1, 0.15) is 11.6 Å². The van der Waals surface area contributed by atoms with Crippen molar-refractivity contribution in [1.82, 2.24) is 9.80 Å². The Morgan fingerprint density at radius 1 is 0.854 bits per heavy atom. The van der Waals surface area contributed by atoms with Crippen LogP contribution in [0.25, 0.3) is 0 Å². The molecule has 3 aliphatic carbocycles. The number of carbonyl (C=O) groups is 2. The molecule has 6 unspecified atom stereocenters. The molecule has 6 atom stereocenters. The predicted octanol–water partition coefficient (Wildman–Crippen LogP) is 6.43. The number of benzene rings is 1. The van der Waals surface area contributed by atoms with E-state index in [1.165, 1.54) is 70.8 Å². The van der Waals surface area contributed by atoms with E-state index in [-0.39, 0.29) is 11.9 Å². The van der Waals surface area contributed by atoms with Crippen LogP contribution >= 0.6 is 0 Å². The molecule has 0 radical (unpaired) electrons. The number of para-hydroxylation sites is 1. The first-order valence-corrected chi connectivity index (χ1v) is 16.8.